The molecule has 1 atom stereocenters. The summed E-state index contributed by atoms with van der Waals surface area (Å²) in [6.45, 7) is 19.2. The Balaban J connectivity index is 1.30. The van der Waals surface area contributed by atoms with Crippen molar-refractivity contribution in [2.24, 2.45) is 0 Å². The third-order valence-corrected chi connectivity index (χ3v) is 7.81. The van der Waals surface area contributed by atoms with Crippen LogP contribution in [0.15, 0.2) is 6.07 Å². The van der Waals surface area contributed by atoms with Crippen LogP contribution in [0.1, 0.15) is 73.8 Å². The molecule has 0 N–H and O–H groups in total. The summed E-state index contributed by atoms with van der Waals surface area (Å²) in [5, 5.41) is 0. The number of piperidine rings is 1. The summed E-state index contributed by atoms with van der Waals surface area (Å²) < 4.78 is 11.7. The number of nitrogens with zero attached hydrogens (tertiary/aromatic N) is 2. The zero-order valence-corrected chi connectivity index (χ0v) is 20.5. The first-order valence-electron chi connectivity index (χ1n) is 11.9. The molecule has 172 valence electrons. The molecule has 4 rings (SSSR count). The molecular weight excluding hydrogens is 388 g/mol. The van der Waals surface area contributed by atoms with Gasteiger partial charge in [-0.1, -0.05) is 6.07 Å². The molecule has 0 aliphatic carbocycles. The van der Waals surface area contributed by atoms with Gasteiger partial charge in [0.1, 0.15) is 11.2 Å². The Morgan fingerprint density at radius 2 is 1.71 bits per heavy atom. The van der Waals surface area contributed by atoms with Gasteiger partial charge in [0.25, 0.3) is 0 Å². The summed E-state index contributed by atoms with van der Waals surface area (Å²) in [7, 11) is 0. The largest absolute Gasteiger partial charge is 0.444 e. The maximum atomic E-state index is 12.3. The molecule has 3 heterocycles. The van der Waals surface area contributed by atoms with E-state index in [2.05, 4.69) is 38.7 Å². The Kier molecular flexibility index (Phi) is 5.89. The van der Waals surface area contributed by atoms with Crippen molar-refractivity contribution in [3.63, 3.8) is 0 Å². The van der Waals surface area contributed by atoms with E-state index in [0.717, 1.165) is 26.1 Å². The lowest BCUT2D eigenvalue weighted by molar-refractivity contribution is -0.109. The zero-order chi connectivity index (χ0) is 22.6. The molecule has 5 nitrogen and oxygen atoms in total. The fraction of sp³-hybridized carbons (Fsp3) is 0.731. The number of carbonyl (C=O) groups is 1. The van der Waals surface area contributed by atoms with Crippen molar-refractivity contribution in [1.29, 1.82) is 0 Å². The van der Waals surface area contributed by atoms with Crippen LogP contribution in [0.3, 0.4) is 0 Å². The first-order valence-corrected chi connectivity index (χ1v) is 11.9. The maximum absolute atomic E-state index is 12.3. The molecule has 3 saturated heterocycles. The van der Waals surface area contributed by atoms with Crippen molar-refractivity contribution in [1.82, 2.24) is 9.80 Å². The van der Waals surface area contributed by atoms with Crippen LogP contribution in [0, 0.1) is 27.7 Å². The minimum atomic E-state index is -0.448. The topological polar surface area (TPSA) is 42.0 Å². The van der Waals surface area contributed by atoms with E-state index in [0.29, 0.717) is 25.0 Å². The molecule has 1 amide bonds. The van der Waals surface area contributed by atoms with Crippen LogP contribution >= 0.6 is 0 Å². The lowest BCUT2D eigenvalue weighted by atomic mass is 9.82. The van der Waals surface area contributed by atoms with E-state index in [4.69, 9.17) is 9.47 Å². The second-order valence-electron chi connectivity index (χ2n) is 11.2. The lowest BCUT2D eigenvalue weighted by Gasteiger charge is -2.47. The quantitative estimate of drug-likeness (QED) is 0.673. The number of hydrogen-bond acceptors (Lipinski definition) is 4. The predicted octanol–water partition coefficient (Wildman–Crippen LogP) is 4.88. The number of carbonyl (C=O) groups excluding carboxylic acids is 1. The van der Waals surface area contributed by atoms with E-state index in [1.165, 1.54) is 35.1 Å². The Morgan fingerprint density at radius 3 is 2.32 bits per heavy atom. The van der Waals surface area contributed by atoms with E-state index < -0.39 is 5.60 Å². The molecule has 0 aromatic heterocycles. The van der Waals surface area contributed by atoms with Gasteiger partial charge in [-0.3, -0.25) is 4.90 Å². The van der Waals surface area contributed by atoms with Crippen molar-refractivity contribution in [2.45, 2.75) is 90.9 Å². The van der Waals surface area contributed by atoms with Crippen molar-refractivity contribution in [3.8, 4) is 0 Å². The molecule has 5 heteroatoms. The monoisotopic (exact) mass is 428 g/mol. The summed E-state index contributed by atoms with van der Waals surface area (Å²) in [6, 6.07) is 2.91. The van der Waals surface area contributed by atoms with Gasteiger partial charge in [0, 0.05) is 6.04 Å². The van der Waals surface area contributed by atoms with Crippen LogP contribution in [-0.4, -0.2) is 65.9 Å². The van der Waals surface area contributed by atoms with Crippen LogP contribution in [-0.2, 0) is 9.47 Å². The number of ether oxygens (including phenoxy) is 2. The Labute approximate surface area is 188 Å². The fourth-order valence-electron chi connectivity index (χ4n) is 5.62. The maximum Gasteiger partial charge on any atom is 0.410 e. The second kappa shape index (κ2) is 8.08. The molecular formula is C26H40N2O3. The smallest absolute Gasteiger partial charge is 0.410 e. The second-order valence-corrected chi connectivity index (χ2v) is 11.2. The molecule has 0 radical (unpaired) electrons. The summed E-state index contributed by atoms with van der Waals surface area (Å²) in [4.78, 5) is 16.7. The number of amides is 1. The van der Waals surface area contributed by atoms with Crippen LogP contribution in [0.2, 0.25) is 0 Å². The highest BCUT2D eigenvalue weighted by atomic mass is 16.6. The average molecular weight is 429 g/mol. The van der Waals surface area contributed by atoms with Gasteiger partial charge < -0.3 is 14.4 Å². The van der Waals surface area contributed by atoms with Gasteiger partial charge in [-0.2, -0.15) is 0 Å². The molecule has 0 saturated carbocycles. The van der Waals surface area contributed by atoms with Crippen LogP contribution in [0.4, 0.5) is 4.79 Å². The minimum absolute atomic E-state index is 0.153. The SMILES string of the molecule is Cc1cc(C2CCN([C@@H]3COC4(C3)CN(C(=O)OC(C)(C)C)C4)CC2)c(C)c(C)c1C. The molecule has 0 unspecified atom stereocenters. The zero-order valence-electron chi connectivity index (χ0n) is 20.5. The molecule has 1 spiro atoms. The molecule has 1 aromatic carbocycles. The van der Waals surface area contributed by atoms with Gasteiger partial charge in [0.2, 0.25) is 0 Å². The lowest BCUT2D eigenvalue weighted by Crippen LogP contribution is -2.64. The van der Waals surface area contributed by atoms with Crippen molar-refractivity contribution >= 4 is 6.09 Å². The minimum Gasteiger partial charge on any atom is -0.444 e. The van der Waals surface area contributed by atoms with E-state index in [-0.39, 0.29) is 11.7 Å². The molecule has 3 aliphatic heterocycles. The molecule has 3 fully saturated rings. The standard InChI is InChI=1S/C26H40N2O3/c1-17-12-23(20(4)19(3)18(17)2)21-8-10-27(11-9-21)22-13-26(30-14-22)15-28(16-26)24(29)31-25(5,6)7/h12,21-22H,8-11,13-16H2,1-7H3/t22-/m0/s1. The molecule has 31 heavy (non-hydrogen) atoms. The van der Waals surface area contributed by atoms with Gasteiger partial charge in [0.05, 0.1) is 19.7 Å². The highest BCUT2D eigenvalue weighted by molar-refractivity contribution is 5.69. The number of likely N-dealkylation sites (tertiary alicyclic amines) is 2. The molecule has 3 aliphatic rings. The Morgan fingerprint density at radius 1 is 1.06 bits per heavy atom. The number of rotatable bonds is 2. The highest BCUT2D eigenvalue weighted by Gasteiger charge is 2.53. The normalized spacial score (nSPS) is 24.5. The molecule has 1 aromatic rings. The van der Waals surface area contributed by atoms with Gasteiger partial charge in [-0.15, -0.1) is 0 Å². The predicted molar refractivity (Wildman–Crippen MR) is 124 cm³/mol. The Hall–Kier alpha value is -1.59. The number of hydrogen-bond donors (Lipinski definition) is 0. The van der Waals surface area contributed by atoms with Crippen LogP contribution < -0.4 is 0 Å². The van der Waals surface area contributed by atoms with Crippen molar-refractivity contribution in [3.05, 3.63) is 33.9 Å². The van der Waals surface area contributed by atoms with Crippen LogP contribution in [0.25, 0.3) is 0 Å². The number of benzene rings is 1. The summed E-state index contributed by atoms with van der Waals surface area (Å²) in [5.74, 6) is 0.664. The summed E-state index contributed by atoms with van der Waals surface area (Å²) >= 11 is 0. The summed E-state index contributed by atoms with van der Waals surface area (Å²) in [6.07, 6.45) is 3.25. The van der Waals surface area contributed by atoms with Gasteiger partial charge >= 0.3 is 6.09 Å². The average Bonchev–Trinajstić information content (AvgIpc) is 3.13. The third kappa shape index (κ3) is 4.49. The van der Waals surface area contributed by atoms with Gasteiger partial charge in [-0.05, 0) is 115 Å². The van der Waals surface area contributed by atoms with Crippen molar-refractivity contribution < 1.29 is 14.3 Å². The first kappa shape index (κ1) is 22.6. The van der Waals surface area contributed by atoms with Gasteiger partial charge in [-0.25, -0.2) is 4.79 Å². The van der Waals surface area contributed by atoms with E-state index in [9.17, 15) is 4.79 Å². The third-order valence-electron chi connectivity index (χ3n) is 7.81. The highest BCUT2D eigenvalue weighted by Crippen LogP contribution is 2.40. The summed E-state index contributed by atoms with van der Waals surface area (Å²) in [5.41, 5.74) is 6.77. The molecule has 0 bridgehead atoms. The van der Waals surface area contributed by atoms with E-state index >= 15 is 0 Å². The number of aryl methyl sites for hydroxylation is 1. The van der Waals surface area contributed by atoms with E-state index in [1.54, 1.807) is 10.5 Å². The fourth-order valence-corrected chi connectivity index (χ4v) is 5.62. The first-order chi connectivity index (χ1) is 14.5. The van der Waals surface area contributed by atoms with Gasteiger partial charge in [0.15, 0.2) is 0 Å². The van der Waals surface area contributed by atoms with Crippen molar-refractivity contribution in [2.75, 3.05) is 32.8 Å². The van der Waals surface area contributed by atoms with E-state index in [1.807, 2.05) is 20.8 Å². The Bertz CT molecular complexity index is 843. The van der Waals surface area contributed by atoms with Crippen LogP contribution in [0.5, 0.6) is 0 Å².